The van der Waals surface area contributed by atoms with Crippen LogP contribution in [0.4, 0.5) is 0 Å². The lowest BCUT2D eigenvalue weighted by molar-refractivity contribution is -0.127. The van der Waals surface area contributed by atoms with Gasteiger partial charge in [-0.2, -0.15) is 0 Å². The van der Waals surface area contributed by atoms with Gasteiger partial charge in [0.15, 0.2) is 0 Å². The molecule has 1 aromatic rings. The summed E-state index contributed by atoms with van der Waals surface area (Å²) in [5.74, 6) is 0.0277. The van der Waals surface area contributed by atoms with Crippen LogP contribution in [0.25, 0.3) is 0 Å². The minimum absolute atomic E-state index is 0.0274. The van der Waals surface area contributed by atoms with Crippen LogP contribution < -0.4 is 5.32 Å². The molecule has 2 rings (SSSR count). The Morgan fingerprint density at radius 3 is 2.73 bits per heavy atom. The standard InChI is InChI=1S/C17H24N2O3/c1-17(22,14-7-3-2-4-8-14)13-15(20)18-10-6-12-19-11-5-9-16(19)21/h2-4,7-8,22H,5-6,9-13H2,1H3,(H,18,20). The van der Waals surface area contributed by atoms with Gasteiger partial charge < -0.3 is 15.3 Å². The first-order chi connectivity index (χ1) is 10.5. The zero-order chi connectivity index (χ0) is 16.0. The molecule has 0 saturated carbocycles. The van der Waals surface area contributed by atoms with E-state index >= 15 is 0 Å². The number of likely N-dealkylation sites (tertiary alicyclic amines) is 1. The molecule has 1 aliphatic heterocycles. The second kappa shape index (κ2) is 7.40. The molecule has 0 aliphatic carbocycles. The van der Waals surface area contributed by atoms with Crippen molar-refractivity contribution in [3.63, 3.8) is 0 Å². The molecule has 1 aliphatic rings. The summed E-state index contributed by atoms with van der Waals surface area (Å²) in [6.45, 7) is 3.68. The van der Waals surface area contributed by atoms with Crippen LogP contribution in [0.15, 0.2) is 30.3 Å². The summed E-state index contributed by atoms with van der Waals surface area (Å²) in [5, 5.41) is 13.2. The average Bonchev–Trinajstić information content (AvgIpc) is 2.89. The number of benzene rings is 1. The minimum atomic E-state index is -1.17. The molecule has 1 atom stereocenters. The van der Waals surface area contributed by atoms with E-state index in [2.05, 4.69) is 5.32 Å². The predicted molar refractivity (Wildman–Crippen MR) is 84.1 cm³/mol. The SMILES string of the molecule is CC(O)(CC(=O)NCCCN1CCCC1=O)c1ccccc1. The Kier molecular flexibility index (Phi) is 5.55. The highest BCUT2D eigenvalue weighted by Gasteiger charge is 2.26. The van der Waals surface area contributed by atoms with Crippen molar-refractivity contribution in [1.82, 2.24) is 10.2 Å². The average molecular weight is 304 g/mol. The molecule has 1 heterocycles. The van der Waals surface area contributed by atoms with E-state index in [1.807, 2.05) is 35.2 Å². The van der Waals surface area contributed by atoms with Crippen LogP contribution in [-0.4, -0.2) is 41.5 Å². The lowest BCUT2D eigenvalue weighted by atomic mass is 9.92. The second-order valence-electron chi connectivity index (χ2n) is 6.00. The molecule has 1 unspecified atom stereocenters. The molecule has 1 aromatic carbocycles. The quantitative estimate of drug-likeness (QED) is 0.748. The predicted octanol–water partition coefficient (Wildman–Crippen LogP) is 1.41. The first-order valence-corrected chi connectivity index (χ1v) is 7.81. The zero-order valence-corrected chi connectivity index (χ0v) is 13.0. The van der Waals surface area contributed by atoms with Gasteiger partial charge in [0, 0.05) is 26.1 Å². The molecule has 22 heavy (non-hydrogen) atoms. The molecular weight excluding hydrogens is 280 g/mol. The van der Waals surface area contributed by atoms with Crippen molar-refractivity contribution in [2.45, 2.75) is 38.2 Å². The highest BCUT2D eigenvalue weighted by Crippen LogP contribution is 2.23. The smallest absolute Gasteiger partial charge is 0.223 e. The van der Waals surface area contributed by atoms with Crippen LogP contribution in [0.2, 0.25) is 0 Å². The van der Waals surface area contributed by atoms with E-state index < -0.39 is 5.60 Å². The normalized spacial score (nSPS) is 17.4. The second-order valence-corrected chi connectivity index (χ2v) is 6.00. The number of amides is 2. The van der Waals surface area contributed by atoms with Gasteiger partial charge in [-0.1, -0.05) is 30.3 Å². The van der Waals surface area contributed by atoms with E-state index in [0.29, 0.717) is 19.5 Å². The molecule has 0 bridgehead atoms. The molecule has 0 aromatic heterocycles. The van der Waals surface area contributed by atoms with Crippen LogP contribution in [0, 0.1) is 0 Å². The summed E-state index contributed by atoms with van der Waals surface area (Å²) in [5.41, 5.74) is -0.441. The highest BCUT2D eigenvalue weighted by molar-refractivity contribution is 5.78. The van der Waals surface area contributed by atoms with Gasteiger partial charge in [0.05, 0.1) is 12.0 Å². The first kappa shape index (κ1) is 16.5. The molecule has 2 amide bonds. The number of nitrogens with one attached hydrogen (secondary N) is 1. The molecule has 5 nitrogen and oxygen atoms in total. The Labute approximate surface area is 131 Å². The van der Waals surface area contributed by atoms with E-state index in [1.165, 1.54) is 0 Å². The number of rotatable bonds is 7. The van der Waals surface area contributed by atoms with Crippen LogP contribution in [0.1, 0.15) is 38.2 Å². The van der Waals surface area contributed by atoms with Crippen LogP contribution >= 0.6 is 0 Å². The van der Waals surface area contributed by atoms with E-state index in [1.54, 1.807) is 6.92 Å². The lowest BCUT2D eigenvalue weighted by Gasteiger charge is -2.23. The fraction of sp³-hybridized carbons (Fsp3) is 0.529. The summed E-state index contributed by atoms with van der Waals surface area (Å²) < 4.78 is 0. The van der Waals surface area contributed by atoms with Gasteiger partial charge in [0.1, 0.15) is 0 Å². The van der Waals surface area contributed by atoms with Gasteiger partial charge in [-0.3, -0.25) is 9.59 Å². The molecule has 1 saturated heterocycles. The molecule has 0 radical (unpaired) electrons. The maximum Gasteiger partial charge on any atom is 0.223 e. The van der Waals surface area contributed by atoms with E-state index in [0.717, 1.165) is 24.9 Å². The maximum absolute atomic E-state index is 11.9. The largest absolute Gasteiger partial charge is 0.385 e. The van der Waals surface area contributed by atoms with E-state index in [-0.39, 0.29) is 18.2 Å². The highest BCUT2D eigenvalue weighted by atomic mass is 16.3. The van der Waals surface area contributed by atoms with Crippen LogP contribution in [0.3, 0.4) is 0 Å². The molecule has 2 N–H and O–H groups in total. The Balaban J connectivity index is 1.70. The monoisotopic (exact) mass is 304 g/mol. The molecule has 0 spiro atoms. The van der Waals surface area contributed by atoms with E-state index in [9.17, 15) is 14.7 Å². The van der Waals surface area contributed by atoms with Gasteiger partial charge in [-0.15, -0.1) is 0 Å². The van der Waals surface area contributed by atoms with Crippen molar-refractivity contribution in [1.29, 1.82) is 0 Å². The fourth-order valence-corrected chi connectivity index (χ4v) is 2.71. The summed E-state index contributed by atoms with van der Waals surface area (Å²) >= 11 is 0. The van der Waals surface area contributed by atoms with Crippen molar-refractivity contribution in [3.05, 3.63) is 35.9 Å². The third-order valence-corrected chi connectivity index (χ3v) is 4.00. The number of hydrogen-bond donors (Lipinski definition) is 2. The number of carbonyl (C=O) groups is 2. The third kappa shape index (κ3) is 4.56. The number of nitrogens with zero attached hydrogens (tertiary/aromatic N) is 1. The Bertz CT molecular complexity index is 514. The Morgan fingerprint density at radius 1 is 1.36 bits per heavy atom. The minimum Gasteiger partial charge on any atom is -0.385 e. The topological polar surface area (TPSA) is 69.6 Å². The van der Waals surface area contributed by atoms with Gasteiger partial charge in [-0.25, -0.2) is 0 Å². The Hall–Kier alpha value is -1.88. The number of aliphatic hydroxyl groups is 1. The van der Waals surface area contributed by atoms with Crippen molar-refractivity contribution < 1.29 is 14.7 Å². The maximum atomic E-state index is 11.9. The van der Waals surface area contributed by atoms with Crippen LogP contribution in [-0.2, 0) is 15.2 Å². The first-order valence-electron chi connectivity index (χ1n) is 7.81. The van der Waals surface area contributed by atoms with Gasteiger partial charge >= 0.3 is 0 Å². The number of hydrogen-bond acceptors (Lipinski definition) is 3. The fourth-order valence-electron chi connectivity index (χ4n) is 2.71. The van der Waals surface area contributed by atoms with Crippen molar-refractivity contribution >= 4 is 11.8 Å². The molecule has 120 valence electrons. The molecular formula is C17H24N2O3. The summed E-state index contributed by atoms with van der Waals surface area (Å²) in [7, 11) is 0. The van der Waals surface area contributed by atoms with Gasteiger partial charge in [0.25, 0.3) is 0 Å². The van der Waals surface area contributed by atoms with Crippen LogP contribution in [0.5, 0.6) is 0 Å². The zero-order valence-electron chi connectivity index (χ0n) is 13.0. The molecule has 1 fully saturated rings. The lowest BCUT2D eigenvalue weighted by Crippen LogP contribution is -2.34. The van der Waals surface area contributed by atoms with Crippen molar-refractivity contribution in [3.8, 4) is 0 Å². The van der Waals surface area contributed by atoms with Gasteiger partial charge in [0.2, 0.25) is 11.8 Å². The Morgan fingerprint density at radius 2 is 2.09 bits per heavy atom. The van der Waals surface area contributed by atoms with Gasteiger partial charge in [-0.05, 0) is 25.3 Å². The summed E-state index contributed by atoms with van der Waals surface area (Å²) in [6, 6.07) is 9.18. The molecule has 5 heteroatoms. The van der Waals surface area contributed by atoms with Crippen molar-refractivity contribution in [2.24, 2.45) is 0 Å². The van der Waals surface area contributed by atoms with E-state index in [4.69, 9.17) is 0 Å². The number of carbonyl (C=O) groups excluding carboxylic acids is 2. The van der Waals surface area contributed by atoms with Crippen molar-refractivity contribution in [2.75, 3.05) is 19.6 Å². The third-order valence-electron chi connectivity index (χ3n) is 4.00. The summed E-state index contributed by atoms with van der Waals surface area (Å²) in [4.78, 5) is 25.2. The summed E-state index contributed by atoms with van der Waals surface area (Å²) in [6.07, 6.45) is 2.35.